The minimum atomic E-state index is -0.954. The first kappa shape index (κ1) is 26.7. The van der Waals surface area contributed by atoms with E-state index in [1.807, 2.05) is 19.1 Å². The van der Waals surface area contributed by atoms with E-state index in [0.717, 1.165) is 10.0 Å². The van der Waals surface area contributed by atoms with E-state index in [1.54, 1.807) is 42.5 Å². The van der Waals surface area contributed by atoms with Gasteiger partial charge in [0.2, 0.25) is 0 Å². The lowest BCUT2D eigenvalue weighted by atomic mass is 10.2. The van der Waals surface area contributed by atoms with Crippen LogP contribution in [0.2, 0.25) is 5.02 Å². The molecule has 0 aliphatic rings. The molecule has 0 saturated heterocycles. The molecule has 0 spiro atoms. The molecule has 3 rings (SSSR count). The summed E-state index contributed by atoms with van der Waals surface area (Å²) in [4.78, 5) is 36.2. The zero-order chi connectivity index (χ0) is 26.1. The summed E-state index contributed by atoms with van der Waals surface area (Å²) in [5.74, 6) is -1.47. The largest absolute Gasteiger partial charge is 0.493 e. The van der Waals surface area contributed by atoms with Crippen LogP contribution in [0, 0.1) is 6.92 Å². The van der Waals surface area contributed by atoms with Crippen molar-refractivity contribution in [3.05, 3.63) is 81.3 Å². The molecule has 186 valence electrons. The summed E-state index contributed by atoms with van der Waals surface area (Å²) < 4.78 is 11.8. The first-order valence-corrected chi connectivity index (χ1v) is 11.7. The Labute approximate surface area is 220 Å². The number of nitrogens with zero attached hydrogens (tertiary/aromatic N) is 1. The number of methoxy groups -OCH3 is 1. The number of halogens is 2. The number of rotatable bonds is 8. The molecule has 11 heteroatoms. The fraction of sp³-hybridized carbons (Fsp3) is 0.120. The zero-order valence-electron chi connectivity index (χ0n) is 19.3. The monoisotopic (exact) mass is 572 g/mol. The predicted molar refractivity (Wildman–Crippen MR) is 142 cm³/mol. The summed E-state index contributed by atoms with van der Waals surface area (Å²) in [6.07, 6.45) is 1.33. The Bertz CT molecular complexity index is 1320. The van der Waals surface area contributed by atoms with Gasteiger partial charge in [-0.05, 0) is 72.6 Å². The Morgan fingerprint density at radius 2 is 1.81 bits per heavy atom. The molecule has 3 aromatic carbocycles. The number of nitrogens with one attached hydrogen (secondary N) is 3. The van der Waals surface area contributed by atoms with Crippen molar-refractivity contribution >= 4 is 62.8 Å². The Kier molecular flexibility index (Phi) is 9.43. The van der Waals surface area contributed by atoms with Gasteiger partial charge >= 0.3 is 11.8 Å². The van der Waals surface area contributed by atoms with Crippen LogP contribution in [0.15, 0.2) is 70.2 Å². The van der Waals surface area contributed by atoms with Crippen molar-refractivity contribution in [1.82, 2.24) is 5.43 Å². The standard InChI is InChI=1S/C25H22BrClN4O5/c1-15-10-17(26)7-8-20(15)30-23(32)14-36-21-9-6-16(11-22(21)35-2)13-28-31-25(34)24(33)29-19-5-3-4-18(27)12-19/h3-13H,14H2,1-2H3,(H,29,33)(H,30,32)(H,31,34)/b28-13-. The predicted octanol–water partition coefficient (Wildman–Crippen LogP) is 4.53. The molecule has 0 aromatic heterocycles. The number of amides is 3. The molecule has 0 saturated carbocycles. The highest BCUT2D eigenvalue weighted by Crippen LogP contribution is 2.28. The van der Waals surface area contributed by atoms with Crippen LogP contribution in [0.4, 0.5) is 11.4 Å². The van der Waals surface area contributed by atoms with Crippen LogP contribution < -0.4 is 25.5 Å². The average molecular weight is 574 g/mol. The zero-order valence-corrected chi connectivity index (χ0v) is 21.6. The van der Waals surface area contributed by atoms with Crippen molar-refractivity contribution in [3.8, 4) is 11.5 Å². The van der Waals surface area contributed by atoms with Gasteiger partial charge in [-0.3, -0.25) is 14.4 Å². The van der Waals surface area contributed by atoms with Gasteiger partial charge in [0.05, 0.1) is 13.3 Å². The van der Waals surface area contributed by atoms with E-state index in [-0.39, 0.29) is 12.5 Å². The number of hydrogen-bond acceptors (Lipinski definition) is 6. The Morgan fingerprint density at radius 3 is 2.53 bits per heavy atom. The summed E-state index contributed by atoms with van der Waals surface area (Å²) in [6.45, 7) is 1.66. The first-order valence-electron chi connectivity index (χ1n) is 10.5. The van der Waals surface area contributed by atoms with Gasteiger partial charge in [-0.25, -0.2) is 5.43 Å². The second-order valence-corrected chi connectivity index (χ2v) is 8.72. The van der Waals surface area contributed by atoms with E-state index in [4.69, 9.17) is 21.1 Å². The Balaban J connectivity index is 1.53. The third-order valence-corrected chi connectivity index (χ3v) is 5.41. The number of anilines is 2. The molecule has 3 aromatic rings. The maximum Gasteiger partial charge on any atom is 0.329 e. The molecule has 0 aliphatic heterocycles. The summed E-state index contributed by atoms with van der Waals surface area (Å²) >= 11 is 9.24. The Hall–Kier alpha value is -3.89. The fourth-order valence-corrected chi connectivity index (χ4v) is 3.62. The molecule has 0 bridgehead atoms. The van der Waals surface area contributed by atoms with Crippen LogP contribution in [0.1, 0.15) is 11.1 Å². The smallest absolute Gasteiger partial charge is 0.329 e. The van der Waals surface area contributed by atoms with Crippen LogP contribution in [-0.4, -0.2) is 37.7 Å². The number of carbonyl (C=O) groups excluding carboxylic acids is 3. The molecule has 0 atom stereocenters. The molecule has 0 fully saturated rings. The highest BCUT2D eigenvalue weighted by Gasteiger charge is 2.13. The van der Waals surface area contributed by atoms with Crippen LogP contribution in [-0.2, 0) is 14.4 Å². The van der Waals surface area contributed by atoms with Crippen molar-refractivity contribution in [2.75, 3.05) is 24.4 Å². The third kappa shape index (κ3) is 7.82. The SMILES string of the molecule is COc1cc(/C=N\NC(=O)C(=O)Nc2cccc(Cl)c2)ccc1OCC(=O)Nc1ccc(Br)cc1C. The van der Waals surface area contributed by atoms with Crippen LogP contribution in [0.25, 0.3) is 0 Å². The van der Waals surface area contributed by atoms with E-state index < -0.39 is 11.8 Å². The van der Waals surface area contributed by atoms with Gasteiger partial charge in [0, 0.05) is 20.9 Å². The van der Waals surface area contributed by atoms with Crippen molar-refractivity contribution in [2.45, 2.75) is 6.92 Å². The van der Waals surface area contributed by atoms with Gasteiger partial charge < -0.3 is 20.1 Å². The van der Waals surface area contributed by atoms with Gasteiger partial charge in [0.15, 0.2) is 18.1 Å². The highest BCUT2D eigenvalue weighted by atomic mass is 79.9. The summed E-state index contributed by atoms with van der Waals surface area (Å²) in [5, 5.41) is 9.43. The van der Waals surface area contributed by atoms with Crippen molar-refractivity contribution in [1.29, 1.82) is 0 Å². The van der Waals surface area contributed by atoms with Gasteiger partial charge in [0.1, 0.15) is 0 Å². The maximum atomic E-state index is 12.3. The first-order chi connectivity index (χ1) is 17.2. The van der Waals surface area contributed by atoms with E-state index in [1.165, 1.54) is 19.4 Å². The van der Waals surface area contributed by atoms with E-state index in [0.29, 0.717) is 33.5 Å². The third-order valence-electron chi connectivity index (χ3n) is 4.68. The molecule has 9 nitrogen and oxygen atoms in total. The van der Waals surface area contributed by atoms with Crippen LogP contribution in [0.3, 0.4) is 0 Å². The molecular formula is C25H22BrClN4O5. The molecule has 3 N–H and O–H groups in total. The fourth-order valence-electron chi connectivity index (χ4n) is 2.95. The number of benzene rings is 3. The minimum absolute atomic E-state index is 0.225. The number of aryl methyl sites for hydroxylation is 1. The number of ether oxygens (including phenoxy) is 2. The number of hydrazone groups is 1. The molecule has 0 unspecified atom stereocenters. The van der Waals surface area contributed by atoms with Gasteiger partial charge in [-0.2, -0.15) is 5.10 Å². The molecule has 0 radical (unpaired) electrons. The lowest BCUT2D eigenvalue weighted by molar-refractivity contribution is -0.136. The van der Waals surface area contributed by atoms with Crippen molar-refractivity contribution in [3.63, 3.8) is 0 Å². The second kappa shape index (κ2) is 12.7. The lowest BCUT2D eigenvalue weighted by Gasteiger charge is -2.12. The van der Waals surface area contributed by atoms with Gasteiger partial charge in [0.25, 0.3) is 5.91 Å². The molecule has 36 heavy (non-hydrogen) atoms. The van der Waals surface area contributed by atoms with E-state index in [9.17, 15) is 14.4 Å². The number of hydrogen-bond donors (Lipinski definition) is 3. The number of carbonyl (C=O) groups is 3. The van der Waals surface area contributed by atoms with Crippen molar-refractivity contribution in [2.24, 2.45) is 5.10 Å². The van der Waals surface area contributed by atoms with Crippen LogP contribution >= 0.6 is 27.5 Å². The maximum absolute atomic E-state index is 12.3. The summed E-state index contributed by atoms with van der Waals surface area (Å²) in [6, 6.07) is 16.8. The van der Waals surface area contributed by atoms with Gasteiger partial charge in [-0.1, -0.05) is 33.6 Å². The lowest BCUT2D eigenvalue weighted by Crippen LogP contribution is -2.32. The minimum Gasteiger partial charge on any atom is -0.493 e. The van der Waals surface area contributed by atoms with E-state index >= 15 is 0 Å². The van der Waals surface area contributed by atoms with Crippen molar-refractivity contribution < 1.29 is 23.9 Å². The second-order valence-electron chi connectivity index (χ2n) is 7.37. The molecule has 3 amide bonds. The van der Waals surface area contributed by atoms with E-state index in [2.05, 4.69) is 37.1 Å². The summed E-state index contributed by atoms with van der Waals surface area (Å²) in [5.41, 5.74) is 4.69. The quantitative estimate of drug-likeness (QED) is 0.208. The topological polar surface area (TPSA) is 118 Å². The Morgan fingerprint density at radius 1 is 1.00 bits per heavy atom. The summed E-state index contributed by atoms with van der Waals surface area (Å²) in [7, 11) is 1.45. The molecular weight excluding hydrogens is 552 g/mol. The molecule has 0 heterocycles. The van der Waals surface area contributed by atoms with Gasteiger partial charge in [-0.15, -0.1) is 0 Å². The normalized spacial score (nSPS) is 10.6. The highest BCUT2D eigenvalue weighted by molar-refractivity contribution is 9.10. The van der Waals surface area contributed by atoms with Crippen LogP contribution in [0.5, 0.6) is 11.5 Å². The molecule has 0 aliphatic carbocycles. The average Bonchev–Trinajstić information content (AvgIpc) is 2.84.